The van der Waals surface area contributed by atoms with Crippen LogP contribution in [0.2, 0.25) is 0 Å². The fraction of sp³-hybridized carbons (Fsp3) is 0.625. The predicted molar refractivity (Wildman–Crippen MR) is 39.3 cm³/mol. The van der Waals surface area contributed by atoms with Crippen LogP contribution in [0.1, 0.15) is 33.6 Å². The summed E-state index contributed by atoms with van der Waals surface area (Å²) in [6, 6.07) is 0. The molecule has 0 aromatic heterocycles. The fourth-order valence-corrected chi connectivity index (χ4v) is 0.699. The SMILES string of the molecule is CCC=C(C)C(=O)CC. The van der Waals surface area contributed by atoms with Crippen molar-refractivity contribution in [3.05, 3.63) is 11.6 Å². The molecule has 1 nitrogen and oxygen atoms in total. The van der Waals surface area contributed by atoms with Crippen molar-refractivity contribution in [1.82, 2.24) is 0 Å². The van der Waals surface area contributed by atoms with Crippen molar-refractivity contribution in [3.8, 4) is 0 Å². The van der Waals surface area contributed by atoms with E-state index in [9.17, 15) is 4.79 Å². The Hall–Kier alpha value is -0.590. The monoisotopic (exact) mass is 126 g/mol. The van der Waals surface area contributed by atoms with Crippen molar-refractivity contribution in [1.29, 1.82) is 0 Å². The molecule has 0 saturated carbocycles. The van der Waals surface area contributed by atoms with Crippen LogP contribution in [0.4, 0.5) is 0 Å². The zero-order chi connectivity index (χ0) is 7.28. The first-order chi connectivity index (χ1) is 4.22. The highest BCUT2D eigenvalue weighted by molar-refractivity contribution is 5.94. The molecule has 0 rings (SSSR count). The summed E-state index contributed by atoms with van der Waals surface area (Å²) in [6.07, 6.45) is 3.55. The molecular formula is C8H14O. The van der Waals surface area contributed by atoms with Gasteiger partial charge >= 0.3 is 0 Å². The molecular weight excluding hydrogens is 112 g/mol. The van der Waals surface area contributed by atoms with E-state index in [4.69, 9.17) is 0 Å². The van der Waals surface area contributed by atoms with E-state index in [0.717, 1.165) is 12.0 Å². The second-order valence-electron chi connectivity index (χ2n) is 2.07. The quantitative estimate of drug-likeness (QED) is 0.530. The minimum Gasteiger partial charge on any atom is -0.295 e. The molecule has 0 aromatic carbocycles. The number of Topliss-reactive ketones (excluding diaryl/α,β-unsaturated/α-hetero) is 1. The zero-order valence-electron chi connectivity index (χ0n) is 6.40. The first-order valence-electron chi connectivity index (χ1n) is 3.42. The summed E-state index contributed by atoms with van der Waals surface area (Å²) < 4.78 is 0. The first kappa shape index (κ1) is 8.41. The van der Waals surface area contributed by atoms with Crippen molar-refractivity contribution >= 4 is 5.78 Å². The fourth-order valence-electron chi connectivity index (χ4n) is 0.699. The lowest BCUT2D eigenvalue weighted by Gasteiger charge is -1.93. The van der Waals surface area contributed by atoms with E-state index in [2.05, 4.69) is 0 Å². The second-order valence-corrected chi connectivity index (χ2v) is 2.07. The maximum absolute atomic E-state index is 10.8. The molecule has 9 heavy (non-hydrogen) atoms. The summed E-state index contributed by atoms with van der Waals surface area (Å²) >= 11 is 0. The zero-order valence-corrected chi connectivity index (χ0v) is 6.40. The van der Waals surface area contributed by atoms with Crippen LogP contribution in [0, 0.1) is 0 Å². The third kappa shape index (κ3) is 3.07. The molecule has 52 valence electrons. The molecule has 0 saturated heterocycles. The van der Waals surface area contributed by atoms with E-state index in [0.29, 0.717) is 6.42 Å². The van der Waals surface area contributed by atoms with Crippen LogP contribution in [0.5, 0.6) is 0 Å². The van der Waals surface area contributed by atoms with E-state index in [1.54, 1.807) is 0 Å². The Kier molecular flexibility index (Phi) is 4.02. The molecule has 0 amide bonds. The largest absolute Gasteiger partial charge is 0.295 e. The van der Waals surface area contributed by atoms with Gasteiger partial charge < -0.3 is 0 Å². The minimum absolute atomic E-state index is 0.261. The Morgan fingerprint density at radius 1 is 1.44 bits per heavy atom. The molecule has 0 fully saturated rings. The standard InChI is InChI=1S/C8H14O/c1-4-6-7(3)8(9)5-2/h6H,4-5H2,1-3H3. The molecule has 0 radical (unpaired) electrons. The minimum atomic E-state index is 0.261. The van der Waals surface area contributed by atoms with Crippen molar-refractivity contribution in [3.63, 3.8) is 0 Å². The number of carbonyl (C=O) groups excluding carboxylic acids is 1. The number of rotatable bonds is 3. The summed E-state index contributed by atoms with van der Waals surface area (Å²) in [5.74, 6) is 0.261. The van der Waals surface area contributed by atoms with Gasteiger partial charge in [-0.1, -0.05) is 19.9 Å². The summed E-state index contributed by atoms with van der Waals surface area (Å²) in [5.41, 5.74) is 0.903. The topological polar surface area (TPSA) is 17.1 Å². The van der Waals surface area contributed by atoms with Gasteiger partial charge in [-0.05, 0) is 18.9 Å². The Labute approximate surface area is 56.8 Å². The van der Waals surface area contributed by atoms with Gasteiger partial charge in [0.25, 0.3) is 0 Å². The number of hydrogen-bond donors (Lipinski definition) is 0. The molecule has 1 heteroatoms. The van der Waals surface area contributed by atoms with Gasteiger partial charge in [0.15, 0.2) is 5.78 Å². The molecule has 0 bridgehead atoms. The van der Waals surface area contributed by atoms with Crippen LogP contribution in [-0.4, -0.2) is 5.78 Å². The Balaban J connectivity index is 3.86. The first-order valence-corrected chi connectivity index (χ1v) is 3.42. The van der Waals surface area contributed by atoms with Gasteiger partial charge in [-0.2, -0.15) is 0 Å². The average molecular weight is 126 g/mol. The lowest BCUT2D eigenvalue weighted by Crippen LogP contribution is -1.95. The molecule has 0 aliphatic heterocycles. The summed E-state index contributed by atoms with van der Waals surface area (Å²) in [6.45, 7) is 5.79. The van der Waals surface area contributed by atoms with Crippen LogP contribution in [0.15, 0.2) is 11.6 Å². The maximum atomic E-state index is 10.8. The molecule has 0 aromatic rings. The molecule has 0 aliphatic carbocycles. The van der Waals surface area contributed by atoms with Crippen molar-refractivity contribution in [2.45, 2.75) is 33.6 Å². The van der Waals surface area contributed by atoms with Gasteiger partial charge in [0.05, 0.1) is 0 Å². The molecule has 0 atom stereocenters. The number of hydrogen-bond acceptors (Lipinski definition) is 1. The Morgan fingerprint density at radius 2 is 2.00 bits per heavy atom. The third-order valence-electron chi connectivity index (χ3n) is 1.27. The average Bonchev–Trinajstić information content (AvgIpc) is 1.87. The molecule has 0 N–H and O–H groups in total. The number of carbonyl (C=O) groups is 1. The molecule has 0 heterocycles. The summed E-state index contributed by atoms with van der Waals surface area (Å²) in [7, 11) is 0. The maximum Gasteiger partial charge on any atom is 0.157 e. The van der Waals surface area contributed by atoms with Crippen LogP contribution < -0.4 is 0 Å². The Bertz CT molecular complexity index is 123. The lowest BCUT2D eigenvalue weighted by molar-refractivity contribution is -0.115. The lowest BCUT2D eigenvalue weighted by atomic mass is 10.1. The van der Waals surface area contributed by atoms with Crippen LogP contribution in [0.3, 0.4) is 0 Å². The van der Waals surface area contributed by atoms with Gasteiger partial charge in [0.2, 0.25) is 0 Å². The van der Waals surface area contributed by atoms with E-state index < -0.39 is 0 Å². The Morgan fingerprint density at radius 3 is 2.33 bits per heavy atom. The summed E-state index contributed by atoms with van der Waals surface area (Å²) in [4.78, 5) is 10.8. The van der Waals surface area contributed by atoms with Gasteiger partial charge in [-0.3, -0.25) is 4.79 Å². The van der Waals surface area contributed by atoms with Crippen molar-refractivity contribution in [2.75, 3.05) is 0 Å². The number of ketones is 1. The highest BCUT2D eigenvalue weighted by Crippen LogP contribution is 1.98. The third-order valence-corrected chi connectivity index (χ3v) is 1.27. The highest BCUT2D eigenvalue weighted by Gasteiger charge is 1.97. The highest BCUT2D eigenvalue weighted by atomic mass is 16.1. The molecule has 0 unspecified atom stereocenters. The van der Waals surface area contributed by atoms with Gasteiger partial charge in [-0.25, -0.2) is 0 Å². The molecule has 0 spiro atoms. The van der Waals surface area contributed by atoms with Crippen molar-refractivity contribution in [2.24, 2.45) is 0 Å². The van der Waals surface area contributed by atoms with Gasteiger partial charge in [0.1, 0.15) is 0 Å². The number of allylic oxidation sites excluding steroid dienone is 2. The summed E-state index contributed by atoms with van der Waals surface area (Å²) in [5, 5.41) is 0. The second kappa shape index (κ2) is 4.30. The predicted octanol–water partition coefficient (Wildman–Crippen LogP) is 2.32. The smallest absolute Gasteiger partial charge is 0.157 e. The van der Waals surface area contributed by atoms with E-state index in [-0.39, 0.29) is 5.78 Å². The van der Waals surface area contributed by atoms with Crippen LogP contribution in [-0.2, 0) is 4.79 Å². The van der Waals surface area contributed by atoms with Crippen molar-refractivity contribution < 1.29 is 4.79 Å². The van der Waals surface area contributed by atoms with Crippen LogP contribution in [0.25, 0.3) is 0 Å². The molecule has 0 aliphatic rings. The van der Waals surface area contributed by atoms with Gasteiger partial charge in [0, 0.05) is 6.42 Å². The van der Waals surface area contributed by atoms with Gasteiger partial charge in [-0.15, -0.1) is 0 Å². The van der Waals surface area contributed by atoms with E-state index >= 15 is 0 Å². The van der Waals surface area contributed by atoms with E-state index in [1.165, 1.54) is 0 Å². The normalized spacial score (nSPS) is 11.7. The van der Waals surface area contributed by atoms with E-state index in [1.807, 2.05) is 26.8 Å². The van der Waals surface area contributed by atoms with Crippen LogP contribution >= 0.6 is 0 Å².